The summed E-state index contributed by atoms with van der Waals surface area (Å²) < 4.78 is 4.80. The Bertz CT molecular complexity index is 314. The summed E-state index contributed by atoms with van der Waals surface area (Å²) in [5.41, 5.74) is -0.677. The van der Waals surface area contributed by atoms with E-state index in [-0.39, 0.29) is 6.09 Å². The minimum Gasteiger partial charge on any atom is -0.480 e. The van der Waals surface area contributed by atoms with Crippen molar-refractivity contribution in [1.82, 2.24) is 9.80 Å². The molecule has 0 radical (unpaired) electrons. The van der Waals surface area contributed by atoms with Crippen molar-refractivity contribution in [2.24, 2.45) is 0 Å². The van der Waals surface area contributed by atoms with Gasteiger partial charge in [0.2, 0.25) is 0 Å². The fraction of sp³-hybridized carbons (Fsp3) is 0.800. The molecule has 0 atom stereocenters. The SMILES string of the molecule is CN(CCN1CCOC1=O)C1(C(=O)O)CC1. The molecule has 90 valence electrons. The maximum atomic E-state index is 11.2. The average Bonchev–Trinajstić information content (AvgIpc) is 2.95. The lowest BCUT2D eigenvalue weighted by molar-refractivity contribution is -0.144. The predicted octanol–water partition coefficient (Wildman–Crippen LogP) is -0.0124. The number of ether oxygens (including phenoxy) is 1. The van der Waals surface area contributed by atoms with Gasteiger partial charge in [-0.25, -0.2) is 4.79 Å². The first-order valence-electron chi connectivity index (χ1n) is 5.42. The van der Waals surface area contributed by atoms with Crippen molar-refractivity contribution in [2.45, 2.75) is 18.4 Å². The van der Waals surface area contributed by atoms with Crippen molar-refractivity contribution in [2.75, 3.05) is 33.3 Å². The maximum Gasteiger partial charge on any atom is 0.409 e. The Kier molecular flexibility index (Phi) is 2.75. The zero-order valence-corrected chi connectivity index (χ0v) is 9.31. The van der Waals surface area contributed by atoms with Gasteiger partial charge in [0.25, 0.3) is 0 Å². The summed E-state index contributed by atoms with van der Waals surface area (Å²) in [6, 6.07) is 0. The van der Waals surface area contributed by atoms with Gasteiger partial charge in [-0.15, -0.1) is 0 Å². The van der Waals surface area contributed by atoms with Crippen LogP contribution in [0, 0.1) is 0 Å². The van der Waals surface area contributed by atoms with Gasteiger partial charge in [0.1, 0.15) is 12.1 Å². The summed E-state index contributed by atoms with van der Waals surface area (Å²) >= 11 is 0. The highest BCUT2D eigenvalue weighted by Gasteiger charge is 2.53. The second kappa shape index (κ2) is 3.93. The minimum absolute atomic E-state index is 0.298. The van der Waals surface area contributed by atoms with E-state index < -0.39 is 11.5 Å². The van der Waals surface area contributed by atoms with Crippen LogP contribution in [0.1, 0.15) is 12.8 Å². The van der Waals surface area contributed by atoms with Gasteiger partial charge in [0.15, 0.2) is 0 Å². The Labute approximate surface area is 93.8 Å². The number of carboxylic acid groups (broad SMARTS) is 1. The van der Waals surface area contributed by atoms with E-state index in [4.69, 9.17) is 9.84 Å². The van der Waals surface area contributed by atoms with Crippen LogP contribution in [0.4, 0.5) is 4.79 Å². The topological polar surface area (TPSA) is 70.1 Å². The zero-order chi connectivity index (χ0) is 11.8. The molecule has 0 unspecified atom stereocenters. The Balaban J connectivity index is 1.82. The summed E-state index contributed by atoms with van der Waals surface area (Å²) in [5.74, 6) is -0.765. The van der Waals surface area contributed by atoms with Crippen LogP contribution in [0.3, 0.4) is 0 Å². The highest BCUT2D eigenvalue weighted by Crippen LogP contribution is 2.40. The van der Waals surface area contributed by atoms with Crippen molar-refractivity contribution >= 4 is 12.1 Å². The molecule has 0 bridgehead atoms. The summed E-state index contributed by atoms with van der Waals surface area (Å²) in [7, 11) is 1.79. The number of carbonyl (C=O) groups excluding carboxylic acids is 1. The fourth-order valence-electron chi connectivity index (χ4n) is 1.99. The predicted molar refractivity (Wildman–Crippen MR) is 55.2 cm³/mol. The van der Waals surface area contributed by atoms with Crippen molar-refractivity contribution < 1.29 is 19.4 Å². The zero-order valence-electron chi connectivity index (χ0n) is 9.31. The standard InChI is InChI=1S/C10H16N2O4/c1-11(10(2-3-10)8(13)14)4-5-12-6-7-16-9(12)15/h2-7H2,1H3,(H,13,14). The quantitative estimate of drug-likeness (QED) is 0.716. The van der Waals surface area contributed by atoms with Gasteiger partial charge in [-0.3, -0.25) is 9.69 Å². The molecule has 1 aliphatic carbocycles. The third-order valence-corrected chi connectivity index (χ3v) is 3.40. The Morgan fingerprint density at radius 2 is 2.31 bits per heavy atom. The molecule has 6 nitrogen and oxygen atoms in total. The number of aliphatic carboxylic acids is 1. The second-order valence-electron chi connectivity index (χ2n) is 4.36. The van der Waals surface area contributed by atoms with Crippen LogP contribution in [0.15, 0.2) is 0 Å². The normalized spacial score (nSPS) is 22.4. The van der Waals surface area contributed by atoms with E-state index in [1.165, 1.54) is 0 Å². The largest absolute Gasteiger partial charge is 0.480 e. The third-order valence-electron chi connectivity index (χ3n) is 3.40. The number of amides is 1. The van der Waals surface area contributed by atoms with E-state index in [1.54, 1.807) is 11.9 Å². The van der Waals surface area contributed by atoms with Gasteiger partial charge in [0, 0.05) is 13.1 Å². The van der Waals surface area contributed by atoms with Gasteiger partial charge in [0.05, 0.1) is 6.54 Å². The highest BCUT2D eigenvalue weighted by molar-refractivity contribution is 5.82. The molecule has 0 aromatic rings. The molecule has 1 heterocycles. The maximum absolute atomic E-state index is 11.2. The molecule has 2 fully saturated rings. The molecule has 0 aromatic carbocycles. The summed E-state index contributed by atoms with van der Waals surface area (Å²) in [4.78, 5) is 25.6. The molecule has 1 amide bonds. The lowest BCUT2D eigenvalue weighted by atomic mass is 10.2. The van der Waals surface area contributed by atoms with E-state index in [1.807, 2.05) is 4.90 Å². The molecule has 1 N–H and O–H groups in total. The molecule has 1 saturated carbocycles. The summed E-state index contributed by atoms with van der Waals surface area (Å²) in [5, 5.41) is 9.07. The van der Waals surface area contributed by atoms with Crippen LogP contribution in [-0.4, -0.2) is 65.8 Å². The van der Waals surface area contributed by atoms with Gasteiger partial charge in [-0.1, -0.05) is 0 Å². The van der Waals surface area contributed by atoms with Gasteiger partial charge >= 0.3 is 12.1 Å². The molecule has 1 aliphatic heterocycles. The molecule has 2 rings (SSSR count). The van der Waals surface area contributed by atoms with Crippen LogP contribution in [0.5, 0.6) is 0 Å². The van der Waals surface area contributed by atoms with Crippen molar-refractivity contribution in [3.63, 3.8) is 0 Å². The number of hydrogen-bond acceptors (Lipinski definition) is 4. The third kappa shape index (κ3) is 1.84. The monoisotopic (exact) mass is 228 g/mol. The number of rotatable bonds is 5. The number of carboxylic acids is 1. The number of nitrogens with zero attached hydrogens (tertiary/aromatic N) is 2. The van der Waals surface area contributed by atoms with Crippen molar-refractivity contribution in [1.29, 1.82) is 0 Å². The number of carbonyl (C=O) groups is 2. The second-order valence-corrected chi connectivity index (χ2v) is 4.36. The molecule has 16 heavy (non-hydrogen) atoms. The molecule has 0 aromatic heterocycles. The fourth-order valence-corrected chi connectivity index (χ4v) is 1.99. The van der Waals surface area contributed by atoms with E-state index >= 15 is 0 Å². The van der Waals surface area contributed by atoms with E-state index in [0.29, 0.717) is 39.1 Å². The van der Waals surface area contributed by atoms with Crippen molar-refractivity contribution in [3.05, 3.63) is 0 Å². The Hall–Kier alpha value is -1.30. The summed E-state index contributed by atoms with van der Waals surface area (Å²) in [6.07, 6.45) is 1.10. The van der Waals surface area contributed by atoms with Gasteiger partial charge in [-0.2, -0.15) is 0 Å². The number of cyclic esters (lactones) is 1. The lowest BCUT2D eigenvalue weighted by Crippen LogP contribution is -2.44. The first-order valence-corrected chi connectivity index (χ1v) is 5.42. The van der Waals surface area contributed by atoms with Crippen molar-refractivity contribution in [3.8, 4) is 0 Å². The average molecular weight is 228 g/mol. The first-order chi connectivity index (χ1) is 7.56. The molecule has 1 saturated heterocycles. The van der Waals surface area contributed by atoms with Gasteiger partial charge < -0.3 is 14.7 Å². The number of likely N-dealkylation sites (N-methyl/N-ethyl adjacent to an activating group) is 1. The van der Waals surface area contributed by atoms with Crippen LogP contribution >= 0.6 is 0 Å². The van der Waals surface area contributed by atoms with Crippen LogP contribution in [0.25, 0.3) is 0 Å². The molecule has 2 aliphatic rings. The number of hydrogen-bond donors (Lipinski definition) is 1. The molecular formula is C10H16N2O4. The summed E-state index contributed by atoms with van der Waals surface area (Å²) in [6.45, 7) is 2.14. The minimum atomic E-state index is -0.765. The first kappa shape index (κ1) is 11.2. The smallest absolute Gasteiger partial charge is 0.409 e. The van der Waals surface area contributed by atoms with E-state index in [2.05, 4.69) is 0 Å². The van der Waals surface area contributed by atoms with E-state index in [9.17, 15) is 9.59 Å². The van der Waals surface area contributed by atoms with Crippen LogP contribution in [0.2, 0.25) is 0 Å². The van der Waals surface area contributed by atoms with Gasteiger partial charge in [-0.05, 0) is 19.9 Å². The van der Waals surface area contributed by atoms with E-state index in [0.717, 1.165) is 0 Å². The lowest BCUT2D eigenvalue weighted by Gasteiger charge is -2.25. The highest BCUT2D eigenvalue weighted by atomic mass is 16.6. The Morgan fingerprint density at radius 1 is 1.62 bits per heavy atom. The Morgan fingerprint density at radius 3 is 2.75 bits per heavy atom. The van der Waals surface area contributed by atoms with Crippen LogP contribution in [-0.2, 0) is 9.53 Å². The molecular weight excluding hydrogens is 212 g/mol. The molecule has 0 spiro atoms. The molecule has 6 heteroatoms. The van der Waals surface area contributed by atoms with Crippen LogP contribution < -0.4 is 0 Å².